The van der Waals surface area contributed by atoms with Gasteiger partial charge in [-0.3, -0.25) is 19.6 Å². The number of fused-ring (bicyclic) bond motifs is 2. The van der Waals surface area contributed by atoms with Crippen molar-refractivity contribution < 1.29 is 19.4 Å². The van der Waals surface area contributed by atoms with E-state index < -0.39 is 5.97 Å². The molecule has 1 N–H and O–H groups in total. The van der Waals surface area contributed by atoms with Gasteiger partial charge in [-0.2, -0.15) is 0 Å². The Morgan fingerprint density at radius 3 is 1.88 bits per heavy atom. The summed E-state index contributed by atoms with van der Waals surface area (Å²) in [6.45, 7) is 0. The van der Waals surface area contributed by atoms with Gasteiger partial charge in [0.1, 0.15) is 0 Å². The Morgan fingerprint density at radius 1 is 0.690 bits per heavy atom. The Hall–Kier alpha value is -4.88. The molecule has 4 aromatic carbocycles. The number of pyridine rings is 2. The molecule has 0 saturated carbocycles. The molecule has 2 aromatic heterocycles. The van der Waals surface area contributed by atoms with Gasteiger partial charge in [0.15, 0.2) is 0 Å². The molecule has 0 spiro atoms. The Bertz CT molecular complexity index is 1880. The molecule has 0 bridgehead atoms. The van der Waals surface area contributed by atoms with Crippen LogP contribution in [0.2, 0.25) is 0 Å². The first kappa shape index (κ1) is 28.6. The lowest BCUT2D eigenvalue weighted by Gasteiger charge is -2.13. The Kier molecular flexibility index (Phi) is 8.99. The van der Waals surface area contributed by atoms with E-state index in [0.717, 1.165) is 59.7 Å². The van der Waals surface area contributed by atoms with Crippen LogP contribution in [0.4, 0.5) is 0 Å². The molecule has 0 aliphatic rings. The number of hydrogen-bond acceptors (Lipinski definition) is 5. The molecule has 0 radical (unpaired) electrons. The average molecular weight is 620 g/mol. The maximum atomic E-state index is 11.7. The second kappa shape index (κ2) is 13.2. The SMILES string of the molecule is COC(=O)Cc1cnc2c(Br)cccc2c1-c1ccccc1.O=C(O)Cc1cnc2ccccc2c1-c1ccccc1. The van der Waals surface area contributed by atoms with Crippen molar-refractivity contribution >= 4 is 49.7 Å². The summed E-state index contributed by atoms with van der Waals surface area (Å²) < 4.78 is 5.74. The summed E-state index contributed by atoms with van der Waals surface area (Å²) in [4.78, 5) is 31.6. The van der Waals surface area contributed by atoms with Crippen LogP contribution >= 0.6 is 15.9 Å². The smallest absolute Gasteiger partial charge is 0.310 e. The first-order chi connectivity index (χ1) is 20.5. The summed E-state index contributed by atoms with van der Waals surface area (Å²) in [7, 11) is 1.40. The van der Waals surface area contributed by atoms with Crippen LogP contribution in [0.25, 0.3) is 44.1 Å². The lowest BCUT2D eigenvalue weighted by atomic mass is 9.95. The summed E-state index contributed by atoms with van der Waals surface area (Å²) >= 11 is 3.54. The minimum absolute atomic E-state index is 0.0257. The van der Waals surface area contributed by atoms with Crippen molar-refractivity contribution in [3.05, 3.63) is 131 Å². The van der Waals surface area contributed by atoms with Crippen LogP contribution in [0.15, 0.2) is 120 Å². The highest BCUT2D eigenvalue weighted by atomic mass is 79.9. The molecule has 6 rings (SSSR count). The van der Waals surface area contributed by atoms with Crippen LogP contribution in [0.5, 0.6) is 0 Å². The van der Waals surface area contributed by atoms with Crippen LogP contribution < -0.4 is 0 Å². The molecule has 42 heavy (non-hydrogen) atoms. The zero-order chi connectivity index (χ0) is 29.5. The first-order valence-electron chi connectivity index (χ1n) is 13.3. The van der Waals surface area contributed by atoms with E-state index in [2.05, 4.69) is 25.9 Å². The fourth-order valence-corrected chi connectivity index (χ4v) is 5.43. The van der Waals surface area contributed by atoms with Crippen LogP contribution in [0, 0.1) is 0 Å². The van der Waals surface area contributed by atoms with Crippen LogP contribution in [0.3, 0.4) is 0 Å². The Morgan fingerprint density at radius 2 is 1.24 bits per heavy atom. The van der Waals surface area contributed by atoms with Crippen molar-refractivity contribution in [3.63, 3.8) is 0 Å². The van der Waals surface area contributed by atoms with Crippen molar-refractivity contribution in [2.24, 2.45) is 0 Å². The third kappa shape index (κ3) is 6.37. The minimum atomic E-state index is -0.848. The van der Waals surface area contributed by atoms with E-state index in [0.29, 0.717) is 0 Å². The van der Waals surface area contributed by atoms with Crippen LogP contribution in [0.1, 0.15) is 11.1 Å². The normalized spacial score (nSPS) is 10.6. The van der Waals surface area contributed by atoms with Gasteiger partial charge in [-0.15, -0.1) is 0 Å². The quantitative estimate of drug-likeness (QED) is 0.191. The van der Waals surface area contributed by atoms with Crippen LogP contribution in [-0.2, 0) is 27.2 Å². The number of aromatic nitrogens is 2. The number of benzene rings is 4. The number of halogens is 1. The number of carboxylic acids is 1. The van der Waals surface area contributed by atoms with E-state index in [9.17, 15) is 9.59 Å². The van der Waals surface area contributed by atoms with Crippen molar-refractivity contribution in [1.82, 2.24) is 9.97 Å². The third-order valence-electron chi connectivity index (χ3n) is 6.81. The van der Waals surface area contributed by atoms with Gasteiger partial charge in [-0.05, 0) is 61.4 Å². The molecule has 0 saturated heterocycles. The van der Waals surface area contributed by atoms with Gasteiger partial charge >= 0.3 is 11.9 Å². The molecule has 6 nitrogen and oxygen atoms in total. The topological polar surface area (TPSA) is 89.4 Å². The van der Waals surface area contributed by atoms with Gasteiger partial charge in [-0.25, -0.2) is 0 Å². The summed E-state index contributed by atoms with van der Waals surface area (Å²) in [5.41, 5.74) is 7.42. The summed E-state index contributed by atoms with van der Waals surface area (Å²) in [6, 6.07) is 33.6. The number of rotatable bonds is 6. The molecule has 2 heterocycles. The molecule has 0 atom stereocenters. The van der Waals surface area contributed by atoms with E-state index in [1.165, 1.54) is 7.11 Å². The Labute approximate surface area is 251 Å². The fraction of sp³-hybridized carbons (Fsp3) is 0.0857. The number of hydrogen-bond donors (Lipinski definition) is 1. The number of carbonyl (C=O) groups excluding carboxylic acids is 1. The average Bonchev–Trinajstić information content (AvgIpc) is 3.02. The van der Waals surface area contributed by atoms with Crippen LogP contribution in [-0.4, -0.2) is 34.1 Å². The molecular formula is C35H27BrN2O4. The summed E-state index contributed by atoms with van der Waals surface area (Å²) in [5.74, 6) is -1.12. The zero-order valence-electron chi connectivity index (χ0n) is 22.8. The van der Waals surface area contributed by atoms with Gasteiger partial charge in [0.25, 0.3) is 0 Å². The van der Waals surface area contributed by atoms with Crippen molar-refractivity contribution in [2.75, 3.05) is 7.11 Å². The number of esters is 1. The van der Waals surface area contributed by atoms with Crippen molar-refractivity contribution in [1.29, 1.82) is 0 Å². The maximum Gasteiger partial charge on any atom is 0.310 e. The predicted octanol–water partition coefficient (Wildman–Crippen LogP) is 7.91. The van der Waals surface area contributed by atoms with Gasteiger partial charge in [0, 0.05) is 27.6 Å². The molecule has 0 aliphatic carbocycles. The number of para-hydroxylation sites is 2. The van der Waals surface area contributed by atoms with E-state index in [1.54, 1.807) is 12.4 Å². The number of carboxylic acid groups (broad SMARTS) is 1. The second-order valence-corrected chi connectivity index (χ2v) is 10.4. The molecule has 6 aromatic rings. The highest BCUT2D eigenvalue weighted by molar-refractivity contribution is 9.10. The number of nitrogens with zero attached hydrogens (tertiary/aromatic N) is 2. The van der Waals surface area contributed by atoms with E-state index in [-0.39, 0.29) is 18.8 Å². The van der Waals surface area contributed by atoms with Crippen molar-refractivity contribution in [3.8, 4) is 22.3 Å². The second-order valence-electron chi connectivity index (χ2n) is 9.53. The Balaban J connectivity index is 0.000000169. The highest BCUT2D eigenvalue weighted by Crippen LogP contribution is 2.34. The van der Waals surface area contributed by atoms with Gasteiger partial charge in [-0.1, -0.05) is 91.0 Å². The van der Waals surface area contributed by atoms with E-state index in [1.807, 2.05) is 103 Å². The fourth-order valence-electron chi connectivity index (χ4n) is 4.96. The molecule has 0 unspecified atom stereocenters. The van der Waals surface area contributed by atoms with Gasteiger partial charge in [0.2, 0.25) is 0 Å². The number of ether oxygens (including phenoxy) is 1. The maximum absolute atomic E-state index is 11.7. The molecule has 0 aliphatic heterocycles. The minimum Gasteiger partial charge on any atom is -0.481 e. The third-order valence-corrected chi connectivity index (χ3v) is 7.45. The molecule has 0 fully saturated rings. The van der Waals surface area contributed by atoms with Gasteiger partial charge < -0.3 is 9.84 Å². The molecular weight excluding hydrogens is 592 g/mol. The largest absolute Gasteiger partial charge is 0.481 e. The monoisotopic (exact) mass is 618 g/mol. The lowest BCUT2D eigenvalue weighted by Crippen LogP contribution is -2.06. The zero-order valence-corrected chi connectivity index (χ0v) is 24.4. The molecule has 0 amide bonds. The van der Waals surface area contributed by atoms with Gasteiger partial charge in [0.05, 0.1) is 31.0 Å². The predicted molar refractivity (Wildman–Crippen MR) is 169 cm³/mol. The summed E-state index contributed by atoms with van der Waals surface area (Å²) in [5, 5.41) is 11.1. The molecule has 208 valence electrons. The summed E-state index contributed by atoms with van der Waals surface area (Å²) in [6.07, 6.45) is 3.60. The van der Waals surface area contributed by atoms with Crippen molar-refractivity contribution in [2.45, 2.75) is 12.8 Å². The number of aliphatic carboxylic acids is 1. The molecule has 7 heteroatoms. The number of methoxy groups -OCH3 is 1. The van der Waals surface area contributed by atoms with E-state index >= 15 is 0 Å². The lowest BCUT2D eigenvalue weighted by molar-refractivity contribution is -0.140. The first-order valence-corrected chi connectivity index (χ1v) is 14.1. The highest BCUT2D eigenvalue weighted by Gasteiger charge is 2.16. The van der Waals surface area contributed by atoms with E-state index in [4.69, 9.17) is 9.84 Å². The standard InChI is InChI=1S/C18H14BrNO2.C17H13NO2/c1-22-16(21)10-13-11-20-18-14(8-5-9-15(18)19)17(13)12-6-3-2-4-7-12;19-16(20)10-13-11-18-15-9-5-4-8-14(15)17(13)12-6-2-1-3-7-12/h2-9,11H,10H2,1H3;1-9,11H,10H2,(H,19,20). The number of carbonyl (C=O) groups is 2.